The molecule has 0 spiro atoms. The second-order valence-corrected chi connectivity index (χ2v) is 4.37. The molecular weight excluding hydrogens is 188 g/mol. The minimum absolute atomic E-state index is 0.657. The summed E-state index contributed by atoms with van der Waals surface area (Å²) in [6.45, 7) is 3.81. The molecular formula is C12H16N2O. The van der Waals surface area contributed by atoms with Gasteiger partial charge in [-0.2, -0.15) is 0 Å². The first kappa shape index (κ1) is 9.31. The van der Waals surface area contributed by atoms with Gasteiger partial charge in [0, 0.05) is 24.9 Å². The molecule has 3 nitrogen and oxygen atoms in total. The number of rotatable bonds is 1. The molecule has 0 aliphatic carbocycles. The molecule has 1 N–H and O–H groups in total. The van der Waals surface area contributed by atoms with Crippen molar-refractivity contribution in [1.29, 1.82) is 0 Å². The normalized spacial score (nSPS) is 25.2. The summed E-state index contributed by atoms with van der Waals surface area (Å²) in [5.41, 5.74) is 3.91. The molecule has 0 radical (unpaired) electrons. The molecule has 1 unspecified atom stereocenters. The quantitative estimate of drug-likeness (QED) is 0.747. The van der Waals surface area contributed by atoms with Crippen LogP contribution < -0.4 is 5.32 Å². The van der Waals surface area contributed by atoms with E-state index < -0.39 is 0 Å². The fourth-order valence-electron chi connectivity index (χ4n) is 2.42. The maximum Gasteiger partial charge on any atom is 0.0734 e. The zero-order valence-electron chi connectivity index (χ0n) is 8.83. The van der Waals surface area contributed by atoms with Gasteiger partial charge in [-0.3, -0.25) is 4.98 Å². The van der Waals surface area contributed by atoms with Gasteiger partial charge in [-0.25, -0.2) is 0 Å². The van der Waals surface area contributed by atoms with E-state index in [4.69, 9.17) is 4.74 Å². The Kier molecular flexibility index (Phi) is 2.43. The molecule has 80 valence electrons. The van der Waals surface area contributed by atoms with Gasteiger partial charge in [-0.15, -0.1) is 0 Å². The standard InChI is InChI=1S/C12H16N2O/c1-3-13-6-9(1)10-5-11-8-15-4-2-12(11)14-7-10/h5,7,9,13H,1-4,6,8H2. The first-order valence-corrected chi connectivity index (χ1v) is 5.69. The van der Waals surface area contributed by atoms with E-state index in [9.17, 15) is 0 Å². The van der Waals surface area contributed by atoms with Crippen molar-refractivity contribution in [2.45, 2.75) is 25.4 Å². The fraction of sp³-hybridized carbons (Fsp3) is 0.583. The van der Waals surface area contributed by atoms with E-state index in [-0.39, 0.29) is 0 Å². The molecule has 1 aromatic heterocycles. The zero-order valence-corrected chi connectivity index (χ0v) is 8.83. The van der Waals surface area contributed by atoms with Gasteiger partial charge in [0.15, 0.2) is 0 Å². The first-order chi connectivity index (χ1) is 7.43. The lowest BCUT2D eigenvalue weighted by Crippen LogP contribution is -2.13. The van der Waals surface area contributed by atoms with Gasteiger partial charge in [0.2, 0.25) is 0 Å². The molecule has 1 atom stereocenters. The van der Waals surface area contributed by atoms with Crippen LogP contribution >= 0.6 is 0 Å². The second kappa shape index (κ2) is 3.91. The van der Waals surface area contributed by atoms with Gasteiger partial charge in [0.25, 0.3) is 0 Å². The molecule has 1 aromatic rings. The first-order valence-electron chi connectivity index (χ1n) is 5.69. The van der Waals surface area contributed by atoms with Crippen molar-refractivity contribution in [1.82, 2.24) is 10.3 Å². The van der Waals surface area contributed by atoms with Crippen molar-refractivity contribution >= 4 is 0 Å². The lowest BCUT2D eigenvalue weighted by Gasteiger charge is -2.17. The van der Waals surface area contributed by atoms with E-state index in [1.54, 1.807) is 0 Å². The van der Waals surface area contributed by atoms with E-state index in [0.717, 1.165) is 32.7 Å². The Bertz CT molecular complexity index is 359. The van der Waals surface area contributed by atoms with Crippen molar-refractivity contribution in [3.05, 3.63) is 29.1 Å². The molecule has 2 aliphatic heterocycles. The Morgan fingerprint density at radius 1 is 1.47 bits per heavy atom. The number of hydrogen-bond donors (Lipinski definition) is 1. The highest BCUT2D eigenvalue weighted by Gasteiger charge is 2.19. The minimum Gasteiger partial charge on any atom is -0.376 e. The van der Waals surface area contributed by atoms with Crippen LogP contribution in [0.5, 0.6) is 0 Å². The molecule has 1 fully saturated rings. The molecule has 15 heavy (non-hydrogen) atoms. The Labute approximate surface area is 89.9 Å². The second-order valence-electron chi connectivity index (χ2n) is 4.37. The van der Waals surface area contributed by atoms with Crippen molar-refractivity contribution in [3.8, 4) is 0 Å². The number of nitrogens with one attached hydrogen (secondary N) is 1. The summed E-state index contributed by atoms with van der Waals surface area (Å²) >= 11 is 0. The third kappa shape index (κ3) is 1.77. The van der Waals surface area contributed by atoms with E-state index >= 15 is 0 Å². The van der Waals surface area contributed by atoms with Crippen molar-refractivity contribution in [2.24, 2.45) is 0 Å². The summed E-state index contributed by atoms with van der Waals surface area (Å²) in [4.78, 5) is 4.56. The SMILES string of the molecule is c1nc2c(cc1C1CCNC1)COCC2. The highest BCUT2D eigenvalue weighted by molar-refractivity contribution is 5.29. The van der Waals surface area contributed by atoms with E-state index in [0.29, 0.717) is 5.92 Å². The van der Waals surface area contributed by atoms with Crippen molar-refractivity contribution in [3.63, 3.8) is 0 Å². The zero-order chi connectivity index (χ0) is 10.1. The van der Waals surface area contributed by atoms with Gasteiger partial charge >= 0.3 is 0 Å². The summed E-state index contributed by atoms with van der Waals surface area (Å²) in [5, 5.41) is 3.39. The Balaban J connectivity index is 1.89. The van der Waals surface area contributed by atoms with Crippen LogP contribution in [-0.4, -0.2) is 24.7 Å². The average molecular weight is 204 g/mol. The van der Waals surface area contributed by atoms with E-state index in [2.05, 4.69) is 22.6 Å². The molecule has 3 heteroatoms. The molecule has 0 saturated carbocycles. The van der Waals surface area contributed by atoms with Crippen LogP contribution in [0.15, 0.2) is 12.3 Å². The van der Waals surface area contributed by atoms with Crippen LogP contribution in [0.25, 0.3) is 0 Å². The monoisotopic (exact) mass is 204 g/mol. The lowest BCUT2D eigenvalue weighted by atomic mass is 9.97. The molecule has 3 rings (SSSR count). The molecule has 2 aliphatic rings. The topological polar surface area (TPSA) is 34.2 Å². The number of nitrogens with zero attached hydrogens (tertiary/aromatic N) is 1. The summed E-state index contributed by atoms with van der Waals surface area (Å²) in [6, 6.07) is 2.29. The molecule has 0 bridgehead atoms. The number of pyridine rings is 1. The number of fused-ring (bicyclic) bond motifs is 1. The van der Waals surface area contributed by atoms with Crippen LogP contribution in [0, 0.1) is 0 Å². The third-order valence-corrected chi connectivity index (χ3v) is 3.35. The van der Waals surface area contributed by atoms with Gasteiger partial charge < -0.3 is 10.1 Å². The summed E-state index contributed by atoms with van der Waals surface area (Å²) in [5.74, 6) is 0.657. The lowest BCUT2D eigenvalue weighted by molar-refractivity contribution is 0.109. The number of aromatic nitrogens is 1. The summed E-state index contributed by atoms with van der Waals surface area (Å²) < 4.78 is 5.46. The Hall–Kier alpha value is -0.930. The molecule has 0 amide bonds. The van der Waals surface area contributed by atoms with Gasteiger partial charge in [0.1, 0.15) is 0 Å². The minimum atomic E-state index is 0.657. The number of hydrogen-bond acceptors (Lipinski definition) is 3. The van der Waals surface area contributed by atoms with E-state index in [1.165, 1.54) is 23.2 Å². The Morgan fingerprint density at radius 3 is 3.33 bits per heavy atom. The summed E-state index contributed by atoms with van der Waals surface area (Å²) in [6.07, 6.45) is 4.27. The molecule has 3 heterocycles. The fourth-order valence-corrected chi connectivity index (χ4v) is 2.42. The van der Waals surface area contributed by atoms with Gasteiger partial charge in [-0.05, 0) is 36.1 Å². The van der Waals surface area contributed by atoms with Crippen LogP contribution in [0.2, 0.25) is 0 Å². The highest BCUT2D eigenvalue weighted by Crippen LogP contribution is 2.25. The van der Waals surface area contributed by atoms with E-state index in [1.807, 2.05) is 0 Å². The van der Waals surface area contributed by atoms with Crippen LogP contribution in [0.4, 0.5) is 0 Å². The largest absolute Gasteiger partial charge is 0.376 e. The van der Waals surface area contributed by atoms with Crippen molar-refractivity contribution < 1.29 is 4.74 Å². The average Bonchev–Trinajstić information content (AvgIpc) is 2.82. The van der Waals surface area contributed by atoms with Gasteiger partial charge in [0.05, 0.1) is 13.2 Å². The molecule has 1 saturated heterocycles. The Morgan fingerprint density at radius 2 is 2.47 bits per heavy atom. The predicted octanol–water partition coefficient (Wildman–Crippen LogP) is 1.23. The highest BCUT2D eigenvalue weighted by atomic mass is 16.5. The van der Waals surface area contributed by atoms with Crippen LogP contribution in [-0.2, 0) is 17.8 Å². The van der Waals surface area contributed by atoms with Crippen LogP contribution in [0.3, 0.4) is 0 Å². The van der Waals surface area contributed by atoms with Crippen molar-refractivity contribution in [2.75, 3.05) is 19.7 Å². The summed E-state index contributed by atoms with van der Waals surface area (Å²) in [7, 11) is 0. The molecule has 0 aromatic carbocycles. The van der Waals surface area contributed by atoms with Gasteiger partial charge in [-0.1, -0.05) is 0 Å². The number of ether oxygens (including phenoxy) is 1. The predicted molar refractivity (Wildman–Crippen MR) is 57.8 cm³/mol. The maximum absolute atomic E-state index is 5.46. The van der Waals surface area contributed by atoms with Crippen LogP contribution in [0.1, 0.15) is 29.2 Å². The maximum atomic E-state index is 5.46. The third-order valence-electron chi connectivity index (χ3n) is 3.35. The smallest absolute Gasteiger partial charge is 0.0734 e.